The monoisotopic (exact) mass is 243 g/mol. The molecule has 0 fully saturated rings. The van der Waals surface area contributed by atoms with E-state index in [4.69, 9.17) is 16.7 Å². The summed E-state index contributed by atoms with van der Waals surface area (Å²) in [6.45, 7) is 0.287. The molecule has 0 saturated heterocycles. The van der Waals surface area contributed by atoms with Crippen LogP contribution in [0.25, 0.3) is 0 Å². The van der Waals surface area contributed by atoms with Crippen LogP contribution in [0, 0.1) is 0 Å². The van der Waals surface area contributed by atoms with Gasteiger partial charge in [0.1, 0.15) is 10.8 Å². The van der Waals surface area contributed by atoms with Crippen molar-refractivity contribution in [1.29, 1.82) is 0 Å². The number of rotatable bonds is 5. The van der Waals surface area contributed by atoms with E-state index in [2.05, 4.69) is 15.3 Å². The van der Waals surface area contributed by atoms with Gasteiger partial charge in [-0.2, -0.15) is 0 Å². The second-order valence-corrected chi connectivity index (χ2v) is 3.36. The molecule has 0 radical (unpaired) electrons. The van der Waals surface area contributed by atoms with Crippen molar-refractivity contribution in [3.8, 4) is 0 Å². The lowest BCUT2D eigenvalue weighted by atomic mass is 10.3. The van der Waals surface area contributed by atoms with Crippen LogP contribution in [-0.4, -0.2) is 33.5 Å². The molecule has 0 aliphatic rings. The Morgan fingerprint density at radius 2 is 2.12 bits per heavy atom. The first-order chi connectivity index (χ1) is 7.59. The number of hydrogen-bond acceptors (Lipinski definition) is 4. The van der Waals surface area contributed by atoms with E-state index in [1.807, 2.05) is 0 Å². The fourth-order valence-corrected chi connectivity index (χ4v) is 1.06. The predicted molar refractivity (Wildman–Crippen MR) is 56.2 cm³/mol. The molecule has 1 amide bonds. The molecule has 0 aliphatic heterocycles. The van der Waals surface area contributed by atoms with Crippen LogP contribution in [0.4, 0.5) is 0 Å². The number of aromatic nitrogens is 2. The smallest absolute Gasteiger partial charge is 0.303 e. The largest absolute Gasteiger partial charge is 0.481 e. The number of carboxylic acid groups (broad SMARTS) is 1. The average Bonchev–Trinajstić information content (AvgIpc) is 2.25. The summed E-state index contributed by atoms with van der Waals surface area (Å²) in [7, 11) is 0. The number of amides is 1. The third-order valence-corrected chi connectivity index (χ3v) is 1.90. The summed E-state index contributed by atoms with van der Waals surface area (Å²) in [4.78, 5) is 29.1. The summed E-state index contributed by atoms with van der Waals surface area (Å²) in [5.74, 6) is -1.28. The Labute approximate surface area is 96.7 Å². The van der Waals surface area contributed by atoms with Gasteiger partial charge in [0.25, 0.3) is 5.91 Å². The Balaban J connectivity index is 2.35. The van der Waals surface area contributed by atoms with E-state index in [0.717, 1.165) is 0 Å². The standard InChI is InChI=1S/C9H10ClN3O3/c10-7-5-12-6(4-13-7)9(16)11-3-1-2-8(14)15/h4-5H,1-3H2,(H,11,16)(H,14,15). The van der Waals surface area contributed by atoms with E-state index < -0.39 is 11.9 Å². The molecule has 0 atom stereocenters. The SMILES string of the molecule is O=C(O)CCCNC(=O)c1cnc(Cl)cn1. The van der Waals surface area contributed by atoms with Gasteiger partial charge in [0.05, 0.1) is 12.4 Å². The molecule has 86 valence electrons. The molecular formula is C9H10ClN3O3. The van der Waals surface area contributed by atoms with Crippen LogP contribution in [-0.2, 0) is 4.79 Å². The summed E-state index contributed by atoms with van der Waals surface area (Å²) in [5.41, 5.74) is 0.153. The minimum absolute atomic E-state index is 0.0204. The topological polar surface area (TPSA) is 92.2 Å². The lowest BCUT2D eigenvalue weighted by molar-refractivity contribution is -0.137. The maximum absolute atomic E-state index is 11.4. The number of nitrogens with zero attached hydrogens (tertiary/aromatic N) is 2. The second-order valence-electron chi connectivity index (χ2n) is 2.98. The van der Waals surface area contributed by atoms with Gasteiger partial charge in [-0.1, -0.05) is 11.6 Å². The highest BCUT2D eigenvalue weighted by atomic mass is 35.5. The first-order valence-corrected chi connectivity index (χ1v) is 4.95. The van der Waals surface area contributed by atoms with Gasteiger partial charge in [0.2, 0.25) is 0 Å². The zero-order valence-corrected chi connectivity index (χ0v) is 9.07. The third-order valence-electron chi connectivity index (χ3n) is 1.71. The Morgan fingerprint density at radius 1 is 1.38 bits per heavy atom. The molecule has 0 aromatic carbocycles. The van der Waals surface area contributed by atoms with E-state index in [-0.39, 0.29) is 23.8 Å². The van der Waals surface area contributed by atoms with Crippen molar-refractivity contribution < 1.29 is 14.7 Å². The number of halogens is 1. The molecule has 0 bridgehead atoms. The number of aliphatic carboxylic acids is 1. The van der Waals surface area contributed by atoms with Crippen LogP contribution in [0.5, 0.6) is 0 Å². The van der Waals surface area contributed by atoms with Gasteiger partial charge < -0.3 is 10.4 Å². The van der Waals surface area contributed by atoms with Gasteiger partial charge in [-0.3, -0.25) is 9.59 Å². The van der Waals surface area contributed by atoms with Crippen molar-refractivity contribution in [2.45, 2.75) is 12.8 Å². The first-order valence-electron chi connectivity index (χ1n) is 4.57. The number of nitrogens with one attached hydrogen (secondary N) is 1. The summed E-state index contributed by atoms with van der Waals surface area (Å²) >= 11 is 5.51. The molecule has 1 rings (SSSR count). The van der Waals surface area contributed by atoms with Crippen LogP contribution >= 0.6 is 11.6 Å². The quantitative estimate of drug-likeness (QED) is 0.744. The fraction of sp³-hybridized carbons (Fsp3) is 0.333. The summed E-state index contributed by atoms with van der Waals surface area (Å²) < 4.78 is 0. The summed E-state index contributed by atoms with van der Waals surface area (Å²) in [6, 6.07) is 0. The van der Waals surface area contributed by atoms with Crippen molar-refractivity contribution in [2.24, 2.45) is 0 Å². The van der Waals surface area contributed by atoms with E-state index in [0.29, 0.717) is 6.42 Å². The molecule has 1 aromatic rings. The van der Waals surface area contributed by atoms with Gasteiger partial charge in [-0.15, -0.1) is 0 Å². The Bertz CT molecular complexity index is 380. The number of hydrogen-bond donors (Lipinski definition) is 2. The average molecular weight is 244 g/mol. The number of carboxylic acids is 1. The van der Waals surface area contributed by atoms with E-state index in [9.17, 15) is 9.59 Å². The van der Waals surface area contributed by atoms with Crippen molar-refractivity contribution in [3.05, 3.63) is 23.2 Å². The fourth-order valence-electron chi connectivity index (χ4n) is 0.962. The zero-order chi connectivity index (χ0) is 12.0. The highest BCUT2D eigenvalue weighted by Gasteiger charge is 2.06. The molecule has 6 nitrogen and oxygen atoms in total. The molecule has 16 heavy (non-hydrogen) atoms. The van der Waals surface area contributed by atoms with Gasteiger partial charge in [0.15, 0.2) is 0 Å². The molecule has 0 aliphatic carbocycles. The van der Waals surface area contributed by atoms with Gasteiger partial charge >= 0.3 is 5.97 Å². The van der Waals surface area contributed by atoms with Crippen molar-refractivity contribution in [2.75, 3.05) is 6.54 Å². The van der Waals surface area contributed by atoms with Crippen LogP contribution in [0.15, 0.2) is 12.4 Å². The molecule has 2 N–H and O–H groups in total. The molecule has 0 saturated carbocycles. The van der Waals surface area contributed by atoms with Crippen LogP contribution in [0.2, 0.25) is 5.15 Å². The Kier molecular flexibility index (Phi) is 4.65. The van der Waals surface area contributed by atoms with Crippen molar-refractivity contribution in [1.82, 2.24) is 15.3 Å². The van der Waals surface area contributed by atoms with E-state index >= 15 is 0 Å². The summed E-state index contributed by atoms with van der Waals surface area (Å²) in [6.07, 6.45) is 2.93. The lowest BCUT2D eigenvalue weighted by Crippen LogP contribution is -2.25. The molecule has 0 unspecified atom stereocenters. The van der Waals surface area contributed by atoms with Crippen LogP contribution in [0.1, 0.15) is 23.3 Å². The van der Waals surface area contributed by atoms with Gasteiger partial charge in [-0.25, -0.2) is 9.97 Å². The highest BCUT2D eigenvalue weighted by Crippen LogP contribution is 2.01. The molecule has 1 aromatic heterocycles. The minimum Gasteiger partial charge on any atom is -0.481 e. The first kappa shape index (κ1) is 12.4. The second kappa shape index (κ2) is 6.02. The molecule has 1 heterocycles. The Hall–Kier alpha value is -1.69. The highest BCUT2D eigenvalue weighted by molar-refractivity contribution is 6.29. The number of carbonyl (C=O) groups excluding carboxylic acids is 1. The van der Waals surface area contributed by atoms with Crippen LogP contribution in [0.3, 0.4) is 0 Å². The minimum atomic E-state index is -0.888. The van der Waals surface area contributed by atoms with Gasteiger partial charge in [-0.05, 0) is 6.42 Å². The van der Waals surface area contributed by atoms with Gasteiger partial charge in [0, 0.05) is 13.0 Å². The van der Waals surface area contributed by atoms with Crippen molar-refractivity contribution >= 4 is 23.5 Å². The van der Waals surface area contributed by atoms with E-state index in [1.54, 1.807) is 0 Å². The van der Waals surface area contributed by atoms with Crippen LogP contribution < -0.4 is 5.32 Å². The normalized spacial score (nSPS) is 9.81. The predicted octanol–water partition coefficient (Wildman–Crippen LogP) is 0.725. The third kappa shape index (κ3) is 4.22. The Morgan fingerprint density at radius 3 is 2.69 bits per heavy atom. The lowest BCUT2D eigenvalue weighted by Gasteiger charge is -2.02. The maximum Gasteiger partial charge on any atom is 0.303 e. The van der Waals surface area contributed by atoms with E-state index in [1.165, 1.54) is 12.4 Å². The zero-order valence-electron chi connectivity index (χ0n) is 8.31. The van der Waals surface area contributed by atoms with Crippen molar-refractivity contribution in [3.63, 3.8) is 0 Å². The molecule has 7 heteroatoms. The number of carbonyl (C=O) groups is 2. The molecule has 0 spiro atoms. The maximum atomic E-state index is 11.4. The summed E-state index contributed by atoms with van der Waals surface area (Å²) in [5, 5.41) is 11.1. The molecular weight excluding hydrogens is 234 g/mol.